The summed E-state index contributed by atoms with van der Waals surface area (Å²) in [5.74, 6) is 1.85. The molecule has 0 spiro atoms. The SMILES string of the molecule is CC1CCC(C(C)C)C(O[P+](=O)Cc2ccccc2)C1. The molecule has 0 bridgehead atoms. The highest BCUT2D eigenvalue weighted by atomic mass is 31.1. The van der Waals surface area contributed by atoms with Crippen LogP contribution in [0.15, 0.2) is 30.3 Å². The van der Waals surface area contributed by atoms with Crippen molar-refractivity contribution in [2.45, 2.75) is 52.3 Å². The van der Waals surface area contributed by atoms with Gasteiger partial charge in [-0.3, -0.25) is 0 Å². The molecule has 1 aromatic rings. The number of rotatable bonds is 5. The maximum absolute atomic E-state index is 12.3. The minimum absolute atomic E-state index is 0.172. The van der Waals surface area contributed by atoms with E-state index >= 15 is 0 Å². The first-order chi connectivity index (χ1) is 9.56. The van der Waals surface area contributed by atoms with E-state index in [1.807, 2.05) is 30.3 Å². The van der Waals surface area contributed by atoms with Crippen LogP contribution < -0.4 is 0 Å². The second kappa shape index (κ2) is 7.33. The fourth-order valence-corrected chi connectivity index (χ4v) is 4.28. The first-order valence-electron chi connectivity index (χ1n) is 7.71. The van der Waals surface area contributed by atoms with Gasteiger partial charge in [-0.05, 0) is 35.2 Å². The van der Waals surface area contributed by atoms with Crippen LogP contribution in [0.2, 0.25) is 0 Å². The molecular formula is C17H26O2P+. The van der Waals surface area contributed by atoms with Crippen molar-refractivity contribution in [2.75, 3.05) is 0 Å². The third-order valence-electron chi connectivity index (χ3n) is 4.37. The third kappa shape index (κ3) is 4.40. The third-order valence-corrected chi connectivity index (χ3v) is 5.50. The van der Waals surface area contributed by atoms with E-state index in [1.165, 1.54) is 12.8 Å². The van der Waals surface area contributed by atoms with Gasteiger partial charge in [0.15, 0.2) is 0 Å². The molecule has 0 saturated heterocycles. The Kier molecular flexibility index (Phi) is 5.74. The summed E-state index contributed by atoms with van der Waals surface area (Å²) in [4.78, 5) is 0. The van der Waals surface area contributed by atoms with Gasteiger partial charge < -0.3 is 0 Å². The van der Waals surface area contributed by atoms with E-state index in [0.717, 1.165) is 12.0 Å². The van der Waals surface area contributed by atoms with Gasteiger partial charge in [-0.25, -0.2) is 0 Å². The molecule has 1 aromatic carbocycles. The van der Waals surface area contributed by atoms with Crippen LogP contribution in [0, 0.1) is 17.8 Å². The number of hydrogen-bond donors (Lipinski definition) is 0. The number of benzene rings is 1. The molecule has 0 aromatic heterocycles. The van der Waals surface area contributed by atoms with Gasteiger partial charge in [0.05, 0.1) is 0 Å². The van der Waals surface area contributed by atoms with E-state index in [9.17, 15) is 4.57 Å². The van der Waals surface area contributed by atoms with Crippen LogP contribution in [-0.4, -0.2) is 6.10 Å². The predicted molar refractivity (Wildman–Crippen MR) is 84.0 cm³/mol. The zero-order valence-electron chi connectivity index (χ0n) is 12.8. The van der Waals surface area contributed by atoms with Crippen molar-refractivity contribution >= 4 is 8.03 Å². The van der Waals surface area contributed by atoms with E-state index in [-0.39, 0.29) is 6.10 Å². The lowest BCUT2D eigenvalue weighted by Gasteiger charge is -2.33. The smallest absolute Gasteiger partial charge is 0.142 e. The van der Waals surface area contributed by atoms with Gasteiger partial charge in [0, 0.05) is 5.56 Å². The molecule has 20 heavy (non-hydrogen) atoms. The molecule has 110 valence electrons. The molecule has 0 radical (unpaired) electrons. The minimum atomic E-state index is -1.60. The lowest BCUT2D eigenvalue weighted by molar-refractivity contribution is 0.0522. The molecule has 2 rings (SSSR count). The Bertz CT molecular complexity index is 430. The quantitative estimate of drug-likeness (QED) is 0.679. The van der Waals surface area contributed by atoms with Crippen molar-refractivity contribution in [3.05, 3.63) is 35.9 Å². The van der Waals surface area contributed by atoms with Crippen LogP contribution in [0.25, 0.3) is 0 Å². The summed E-state index contributed by atoms with van der Waals surface area (Å²) in [6, 6.07) is 9.98. The lowest BCUT2D eigenvalue weighted by atomic mass is 9.75. The van der Waals surface area contributed by atoms with E-state index in [0.29, 0.717) is 23.9 Å². The zero-order valence-corrected chi connectivity index (χ0v) is 13.7. The van der Waals surface area contributed by atoms with Gasteiger partial charge in [0.25, 0.3) is 0 Å². The molecule has 2 nitrogen and oxygen atoms in total. The average molecular weight is 293 g/mol. The number of hydrogen-bond acceptors (Lipinski definition) is 2. The largest absolute Gasteiger partial charge is 0.513 e. The van der Waals surface area contributed by atoms with Gasteiger partial charge in [-0.2, -0.15) is 0 Å². The summed E-state index contributed by atoms with van der Waals surface area (Å²) < 4.78 is 18.2. The Balaban J connectivity index is 1.94. The fourth-order valence-electron chi connectivity index (χ4n) is 3.16. The van der Waals surface area contributed by atoms with Crippen LogP contribution in [0.5, 0.6) is 0 Å². The van der Waals surface area contributed by atoms with Crippen molar-refractivity contribution in [1.29, 1.82) is 0 Å². The molecule has 4 atom stereocenters. The summed E-state index contributed by atoms with van der Waals surface area (Å²) in [7, 11) is -1.60. The summed E-state index contributed by atoms with van der Waals surface area (Å²) in [5.41, 5.74) is 1.10. The molecule has 4 unspecified atom stereocenters. The highest BCUT2D eigenvalue weighted by molar-refractivity contribution is 7.38. The van der Waals surface area contributed by atoms with Gasteiger partial charge in [-0.1, -0.05) is 57.5 Å². The Morgan fingerprint density at radius 1 is 1.25 bits per heavy atom. The van der Waals surface area contributed by atoms with Crippen LogP contribution in [0.1, 0.15) is 45.6 Å². The molecule has 0 amide bonds. The Morgan fingerprint density at radius 3 is 2.60 bits per heavy atom. The molecule has 3 heteroatoms. The Labute approximate surface area is 123 Å². The van der Waals surface area contributed by atoms with E-state index < -0.39 is 8.03 Å². The van der Waals surface area contributed by atoms with E-state index in [1.54, 1.807) is 0 Å². The van der Waals surface area contributed by atoms with Crippen molar-refractivity contribution < 1.29 is 9.09 Å². The maximum Gasteiger partial charge on any atom is 0.513 e. The van der Waals surface area contributed by atoms with Crippen LogP contribution >= 0.6 is 8.03 Å². The standard InChI is InChI=1S/C17H26O2P/c1-13(2)16-10-9-14(3)11-17(16)19-20(18)12-15-7-5-4-6-8-15/h4-8,13-14,16-17H,9-12H2,1-3H3/q+1. The Morgan fingerprint density at radius 2 is 1.95 bits per heavy atom. The second-order valence-corrected chi connectivity index (χ2v) is 7.64. The molecule has 1 aliphatic rings. The second-order valence-electron chi connectivity index (χ2n) is 6.45. The maximum atomic E-state index is 12.3. The monoisotopic (exact) mass is 293 g/mol. The van der Waals surface area contributed by atoms with Crippen molar-refractivity contribution in [3.8, 4) is 0 Å². The molecule has 1 aliphatic carbocycles. The molecule has 1 saturated carbocycles. The Hall–Kier alpha value is -0.720. The molecule has 0 N–H and O–H groups in total. The topological polar surface area (TPSA) is 26.3 Å². The van der Waals surface area contributed by atoms with Crippen LogP contribution in [0.3, 0.4) is 0 Å². The van der Waals surface area contributed by atoms with Crippen LogP contribution in [0.4, 0.5) is 0 Å². The summed E-state index contributed by atoms with van der Waals surface area (Å²) in [5, 5.41) is 0. The summed E-state index contributed by atoms with van der Waals surface area (Å²) in [6.07, 6.45) is 4.24. The minimum Gasteiger partial charge on any atom is -0.142 e. The zero-order chi connectivity index (χ0) is 14.5. The normalized spacial score (nSPS) is 27.6. The molecule has 0 aliphatic heterocycles. The summed E-state index contributed by atoms with van der Waals surface area (Å²) >= 11 is 0. The fraction of sp³-hybridized carbons (Fsp3) is 0.647. The van der Waals surface area contributed by atoms with Gasteiger partial charge in [0.2, 0.25) is 6.16 Å². The first kappa shape index (κ1) is 15.7. The predicted octanol–water partition coefficient (Wildman–Crippen LogP) is 5.41. The van der Waals surface area contributed by atoms with Gasteiger partial charge in [0.1, 0.15) is 6.10 Å². The highest BCUT2D eigenvalue weighted by Crippen LogP contribution is 2.41. The van der Waals surface area contributed by atoms with Gasteiger partial charge >= 0.3 is 8.03 Å². The molecule has 1 fully saturated rings. The van der Waals surface area contributed by atoms with E-state index in [2.05, 4.69) is 20.8 Å². The van der Waals surface area contributed by atoms with Crippen molar-refractivity contribution in [1.82, 2.24) is 0 Å². The first-order valence-corrected chi connectivity index (χ1v) is 9.08. The average Bonchev–Trinajstić information content (AvgIpc) is 2.39. The van der Waals surface area contributed by atoms with E-state index in [4.69, 9.17) is 4.52 Å². The van der Waals surface area contributed by atoms with Crippen LogP contribution in [-0.2, 0) is 15.3 Å². The molecule has 0 heterocycles. The van der Waals surface area contributed by atoms with Crippen molar-refractivity contribution in [2.24, 2.45) is 17.8 Å². The lowest BCUT2D eigenvalue weighted by Crippen LogP contribution is -2.32. The molecular weight excluding hydrogens is 267 g/mol. The van der Waals surface area contributed by atoms with Gasteiger partial charge in [-0.15, -0.1) is 4.52 Å². The van der Waals surface area contributed by atoms with Crippen molar-refractivity contribution in [3.63, 3.8) is 0 Å². The highest BCUT2D eigenvalue weighted by Gasteiger charge is 2.37. The summed E-state index contributed by atoms with van der Waals surface area (Å²) in [6.45, 7) is 6.78.